The second kappa shape index (κ2) is 5.22. The molecule has 0 bridgehead atoms. The molecule has 1 unspecified atom stereocenters. The maximum Gasteiger partial charge on any atom is 0.263 e. The van der Waals surface area contributed by atoms with Gasteiger partial charge in [0.05, 0.1) is 4.88 Å². The van der Waals surface area contributed by atoms with Gasteiger partial charge in [-0.05, 0) is 49.7 Å². The van der Waals surface area contributed by atoms with Crippen LogP contribution in [0.5, 0.6) is 0 Å². The normalized spacial score (nSPS) is 23.2. The lowest BCUT2D eigenvalue weighted by Crippen LogP contribution is -2.40. The largest absolute Gasteiger partial charge is 0.338 e. The number of carbonyl (C=O) groups is 1. The van der Waals surface area contributed by atoms with E-state index < -0.39 is 0 Å². The molecule has 1 aliphatic carbocycles. The van der Waals surface area contributed by atoms with Crippen molar-refractivity contribution in [1.29, 1.82) is 0 Å². The molecule has 1 amide bonds. The number of hydrogen-bond acceptors (Lipinski definition) is 2. The van der Waals surface area contributed by atoms with E-state index in [1.807, 2.05) is 4.90 Å². The van der Waals surface area contributed by atoms with Gasteiger partial charge in [-0.1, -0.05) is 0 Å². The molecule has 0 aromatic carbocycles. The number of likely N-dealkylation sites (tertiary alicyclic amines) is 1. The molecule has 2 heterocycles. The van der Waals surface area contributed by atoms with Crippen LogP contribution in [0, 0.1) is 5.92 Å². The van der Waals surface area contributed by atoms with E-state index in [1.165, 1.54) is 16.9 Å². The monoisotopic (exact) mass is 283 g/mol. The molecular weight excluding hydrogens is 266 g/mol. The Labute approximate surface area is 117 Å². The Morgan fingerprint density at radius 2 is 2.33 bits per heavy atom. The van der Waals surface area contributed by atoms with Gasteiger partial charge < -0.3 is 4.90 Å². The number of nitrogens with zero attached hydrogens (tertiary/aromatic N) is 1. The minimum Gasteiger partial charge on any atom is -0.338 e. The van der Waals surface area contributed by atoms with Gasteiger partial charge >= 0.3 is 0 Å². The second-order valence-electron chi connectivity index (χ2n) is 5.33. The molecule has 98 valence electrons. The van der Waals surface area contributed by atoms with Gasteiger partial charge in [-0.3, -0.25) is 4.79 Å². The van der Waals surface area contributed by atoms with Crippen molar-refractivity contribution < 1.29 is 4.79 Å². The molecule has 1 aromatic heterocycles. The summed E-state index contributed by atoms with van der Waals surface area (Å²) in [4.78, 5) is 16.8. The van der Waals surface area contributed by atoms with Gasteiger partial charge in [0.25, 0.3) is 5.91 Å². The predicted octanol–water partition coefficient (Wildman–Crippen LogP) is 3.33. The fraction of sp³-hybridized carbons (Fsp3) is 0.643. The minimum atomic E-state index is 0.226. The maximum atomic E-state index is 12.5. The van der Waals surface area contributed by atoms with E-state index in [0.717, 1.165) is 43.6 Å². The Bertz CT molecular complexity index is 435. The quantitative estimate of drug-likeness (QED) is 0.763. The van der Waals surface area contributed by atoms with Crippen LogP contribution in [0.4, 0.5) is 0 Å². The molecule has 1 aromatic rings. The molecule has 0 spiro atoms. The number of rotatable bonds is 2. The Balaban J connectivity index is 1.73. The van der Waals surface area contributed by atoms with Gasteiger partial charge in [0, 0.05) is 23.8 Å². The standard InChI is InChI=1S/C14H18ClNOS/c15-8-10-3-2-6-16(9-10)14(17)13-7-11-4-1-5-12(11)18-13/h7,10H,1-6,8-9H2. The summed E-state index contributed by atoms with van der Waals surface area (Å²) in [6.07, 6.45) is 5.83. The van der Waals surface area contributed by atoms with Gasteiger partial charge in [-0.2, -0.15) is 0 Å². The van der Waals surface area contributed by atoms with E-state index >= 15 is 0 Å². The molecular formula is C14H18ClNOS. The number of aryl methyl sites for hydroxylation is 2. The Morgan fingerprint density at radius 1 is 1.44 bits per heavy atom. The van der Waals surface area contributed by atoms with Crippen molar-refractivity contribution in [3.05, 3.63) is 21.4 Å². The van der Waals surface area contributed by atoms with Gasteiger partial charge in [-0.25, -0.2) is 0 Å². The lowest BCUT2D eigenvalue weighted by Gasteiger charge is -2.31. The zero-order valence-electron chi connectivity index (χ0n) is 10.5. The van der Waals surface area contributed by atoms with E-state index in [1.54, 1.807) is 11.3 Å². The van der Waals surface area contributed by atoms with Crippen molar-refractivity contribution in [2.75, 3.05) is 19.0 Å². The summed E-state index contributed by atoms with van der Waals surface area (Å²) in [6.45, 7) is 1.74. The van der Waals surface area contributed by atoms with Crippen molar-refractivity contribution in [2.45, 2.75) is 32.1 Å². The lowest BCUT2D eigenvalue weighted by molar-refractivity contribution is 0.0689. The van der Waals surface area contributed by atoms with Crippen LogP contribution in [0.25, 0.3) is 0 Å². The Hall–Kier alpha value is -0.540. The number of thiophene rings is 1. The number of amides is 1. The van der Waals surface area contributed by atoms with Crippen LogP contribution in [0.15, 0.2) is 6.07 Å². The number of carbonyl (C=O) groups excluding carboxylic acids is 1. The number of hydrogen-bond donors (Lipinski definition) is 0. The first-order valence-electron chi connectivity index (χ1n) is 6.74. The molecule has 18 heavy (non-hydrogen) atoms. The van der Waals surface area contributed by atoms with E-state index in [9.17, 15) is 4.79 Å². The maximum absolute atomic E-state index is 12.5. The highest BCUT2D eigenvalue weighted by molar-refractivity contribution is 7.14. The van der Waals surface area contributed by atoms with Gasteiger partial charge in [0.2, 0.25) is 0 Å². The van der Waals surface area contributed by atoms with E-state index in [2.05, 4.69) is 6.07 Å². The second-order valence-corrected chi connectivity index (χ2v) is 6.77. The number of halogens is 1. The number of alkyl halides is 1. The smallest absolute Gasteiger partial charge is 0.263 e. The molecule has 1 fully saturated rings. The first-order valence-corrected chi connectivity index (χ1v) is 8.10. The van der Waals surface area contributed by atoms with Crippen molar-refractivity contribution in [3.63, 3.8) is 0 Å². The summed E-state index contributed by atoms with van der Waals surface area (Å²) < 4.78 is 0. The molecule has 0 saturated carbocycles. The van der Waals surface area contributed by atoms with Crippen molar-refractivity contribution in [3.8, 4) is 0 Å². The summed E-state index contributed by atoms with van der Waals surface area (Å²) in [5.74, 6) is 1.38. The molecule has 1 atom stereocenters. The van der Waals surface area contributed by atoms with Crippen LogP contribution in [0.2, 0.25) is 0 Å². The molecule has 1 saturated heterocycles. The van der Waals surface area contributed by atoms with Gasteiger partial charge in [0.15, 0.2) is 0 Å². The minimum absolute atomic E-state index is 0.226. The third kappa shape index (κ3) is 2.30. The highest BCUT2D eigenvalue weighted by Gasteiger charge is 2.26. The topological polar surface area (TPSA) is 20.3 Å². The fourth-order valence-electron chi connectivity index (χ4n) is 2.97. The van der Waals surface area contributed by atoms with Crippen LogP contribution in [-0.4, -0.2) is 29.8 Å². The van der Waals surface area contributed by atoms with Crippen LogP contribution < -0.4 is 0 Å². The molecule has 3 rings (SSSR count). The van der Waals surface area contributed by atoms with E-state index in [0.29, 0.717) is 11.8 Å². The lowest BCUT2D eigenvalue weighted by atomic mass is 10.00. The van der Waals surface area contributed by atoms with Crippen LogP contribution >= 0.6 is 22.9 Å². The van der Waals surface area contributed by atoms with Crippen molar-refractivity contribution in [2.24, 2.45) is 5.92 Å². The van der Waals surface area contributed by atoms with Gasteiger partial charge in [0.1, 0.15) is 0 Å². The third-order valence-corrected chi connectivity index (χ3v) is 5.64. The number of piperidine rings is 1. The predicted molar refractivity (Wildman–Crippen MR) is 75.7 cm³/mol. The Kier molecular flexibility index (Phi) is 3.62. The summed E-state index contributed by atoms with van der Waals surface area (Å²) >= 11 is 7.63. The highest BCUT2D eigenvalue weighted by atomic mass is 35.5. The molecule has 2 aliphatic rings. The van der Waals surface area contributed by atoms with Crippen LogP contribution in [0.3, 0.4) is 0 Å². The van der Waals surface area contributed by atoms with Gasteiger partial charge in [-0.15, -0.1) is 22.9 Å². The van der Waals surface area contributed by atoms with E-state index in [4.69, 9.17) is 11.6 Å². The first-order chi connectivity index (χ1) is 8.78. The highest BCUT2D eigenvalue weighted by Crippen LogP contribution is 2.32. The fourth-order valence-corrected chi connectivity index (χ4v) is 4.44. The van der Waals surface area contributed by atoms with Crippen LogP contribution in [-0.2, 0) is 12.8 Å². The SMILES string of the molecule is O=C(c1cc2c(s1)CCC2)N1CCCC(CCl)C1. The van der Waals surface area contributed by atoms with Crippen molar-refractivity contribution >= 4 is 28.8 Å². The zero-order valence-corrected chi connectivity index (χ0v) is 12.0. The number of fused-ring (bicyclic) bond motifs is 1. The third-order valence-electron chi connectivity index (χ3n) is 3.98. The summed E-state index contributed by atoms with van der Waals surface area (Å²) in [6, 6.07) is 2.12. The van der Waals surface area contributed by atoms with E-state index in [-0.39, 0.29) is 5.91 Å². The Morgan fingerprint density at radius 3 is 3.11 bits per heavy atom. The van der Waals surface area contributed by atoms with Crippen molar-refractivity contribution in [1.82, 2.24) is 4.90 Å². The molecule has 4 heteroatoms. The zero-order chi connectivity index (χ0) is 12.5. The summed E-state index contributed by atoms with van der Waals surface area (Å²) in [7, 11) is 0. The molecule has 1 aliphatic heterocycles. The summed E-state index contributed by atoms with van der Waals surface area (Å²) in [5, 5.41) is 0. The average Bonchev–Trinajstić information content (AvgIpc) is 2.98. The molecule has 0 radical (unpaired) electrons. The average molecular weight is 284 g/mol. The summed E-state index contributed by atoms with van der Waals surface area (Å²) in [5.41, 5.74) is 1.41. The molecule has 0 N–H and O–H groups in total. The van der Waals surface area contributed by atoms with Crippen LogP contribution in [0.1, 0.15) is 39.4 Å². The first kappa shape index (κ1) is 12.5. The molecule has 2 nitrogen and oxygen atoms in total.